The zero-order valence-electron chi connectivity index (χ0n) is 14.5. The molecule has 0 radical (unpaired) electrons. The highest BCUT2D eigenvalue weighted by Crippen LogP contribution is 2.27. The van der Waals surface area contributed by atoms with Gasteiger partial charge in [0, 0.05) is 39.9 Å². The first-order chi connectivity index (χ1) is 11.8. The van der Waals surface area contributed by atoms with E-state index in [-0.39, 0.29) is 6.04 Å². The lowest BCUT2D eigenvalue weighted by molar-refractivity contribution is 0.165. The summed E-state index contributed by atoms with van der Waals surface area (Å²) >= 11 is 1.62. The summed E-state index contributed by atoms with van der Waals surface area (Å²) in [6.07, 6.45) is 2.27. The molecule has 24 heavy (non-hydrogen) atoms. The van der Waals surface area contributed by atoms with Crippen LogP contribution in [0.25, 0.3) is 10.8 Å². The molecule has 0 N–H and O–H groups in total. The molecule has 1 saturated heterocycles. The summed E-state index contributed by atoms with van der Waals surface area (Å²) < 4.78 is 11.1. The van der Waals surface area contributed by atoms with E-state index >= 15 is 0 Å². The Morgan fingerprint density at radius 3 is 3.00 bits per heavy atom. The molecule has 2 aromatic rings. The van der Waals surface area contributed by atoms with Crippen LogP contribution >= 0.6 is 11.3 Å². The first kappa shape index (κ1) is 17.5. The fourth-order valence-electron chi connectivity index (χ4n) is 3.09. The molecule has 1 aliphatic rings. The number of thiophene rings is 1. The molecular weight excluding hydrogens is 324 g/mol. The Morgan fingerprint density at radius 2 is 2.21 bits per heavy atom. The first-order valence-electron chi connectivity index (χ1n) is 8.60. The lowest BCUT2D eigenvalue weighted by Gasteiger charge is -2.25. The number of rotatable bonds is 7. The maximum absolute atomic E-state index is 5.91. The Bertz CT molecular complexity index is 602. The molecule has 0 unspecified atom stereocenters. The molecule has 0 aliphatic carbocycles. The monoisotopic (exact) mass is 350 g/mol. The van der Waals surface area contributed by atoms with Crippen LogP contribution in [0.2, 0.25) is 0 Å². The topological polar surface area (TPSA) is 54.6 Å². The van der Waals surface area contributed by atoms with Crippen molar-refractivity contribution >= 4 is 11.3 Å². The van der Waals surface area contributed by atoms with Gasteiger partial charge in [0.1, 0.15) is 0 Å². The van der Waals surface area contributed by atoms with Gasteiger partial charge >= 0.3 is 0 Å². The zero-order chi connectivity index (χ0) is 16.8. The summed E-state index contributed by atoms with van der Waals surface area (Å²) in [4.78, 5) is 6.00. The van der Waals surface area contributed by atoms with E-state index in [0.717, 1.165) is 50.6 Å². The van der Waals surface area contributed by atoms with Crippen molar-refractivity contribution in [3.05, 3.63) is 23.4 Å². The molecule has 0 saturated carbocycles. The summed E-state index contributed by atoms with van der Waals surface area (Å²) in [6.45, 7) is 8.44. The van der Waals surface area contributed by atoms with Crippen LogP contribution in [0, 0.1) is 0 Å². The molecule has 2 aromatic heterocycles. The third kappa shape index (κ3) is 4.42. The van der Waals surface area contributed by atoms with Crippen LogP contribution in [0.1, 0.15) is 31.7 Å². The van der Waals surface area contributed by atoms with Crippen LogP contribution in [0.5, 0.6) is 0 Å². The van der Waals surface area contributed by atoms with Gasteiger partial charge in [0.15, 0.2) is 0 Å². The molecule has 0 spiro atoms. The van der Waals surface area contributed by atoms with Crippen LogP contribution in [-0.4, -0.2) is 66.4 Å². The van der Waals surface area contributed by atoms with E-state index in [2.05, 4.69) is 26.9 Å². The minimum absolute atomic E-state index is 0.158. The highest BCUT2D eigenvalue weighted by Gasteiger charge is 2.24. The normalized spacial score (nSPS) is 18.6. The number of aromatic nitrogens is 2. The lowest BCUT2D eigenvalue weighted by atomic mass is 10.2. The molecule has 0 aromatic carbocycles. The highest BCUT2D eigenvalue weighted by atomic mass is 32.1. The van der Waals surface area contributed by atoms with Gasteiger partial charge in [0.2, 0.25) is 5.89 Å². The third-order valence-electron chi connectivity index (χ3n) is 4.52. The smallest absolute Gasteiger partial charge is 0.257 e. The van der Waals surface area contributed by atoms with Crippen molar-refractivity contribution in [3.8, 4) is 10.8 Å². The minimum atomic E-state index is 0.158. The lowest BCUT2D eigenvalue weighted by Crippen LogP contribution is -2.33. The maximum atomic E-state index is 5.91. The van der Waals surface area contributed by atoms with E-state index in [1.165, 1.54) is 6.42 Å². The van der Waals surface area contributed by atoms with E-state index in [1.807, 2.05) is 17.5 Å². The molecule has 7 heteroatoms. The van der Waals surface area contributed by atoms with Crippen molar-refractivity contribution in [2.75, 3.05) is 46.4 Å². The van der Waals surface area contributed by atoms with Gasteiger partial charge in [-0.25, -0.2) is 0 Å². The molecular formula is C17H26N4O2S. The van der Waals surface area contributed by atoms with Crippen molar-refractivity contribution in [2.45, 2.75) is 25.8 Å². The predicted octanol–water partition coefficient (Wildman–Crippen LogP) is 2.90. The van der Waals surface area contributed by atoms with E-state index in [9.17, 15) is 0 Å². The molecule has 1 atom stereocenters. The Morgan fingerprint density at radius 1 is 1.29 bits per heavy atom. The van der Waals surface area contributed by atoms with Crippen LogP contribution in [0.4, 0.5) is 0 Å². The van der Waals surface area contributed by atoms with Crippen molar-refractivity contribution in [1.29, 1.82) is 0 Å². The Balaban J connectivity index is 1.56. The maximum Gasteiger partial charge on any atom is 0.257 e. The van der Waals surface area contributed by atoms with Crippen molar-refractivity contribution in [2.24, 2.45) is 0 Å². The first-order valence-corrected chi connectivity index (χ1v) is 9.48. The molecule has 0 amide bonds. The van der Waals surface area contributed by atoms with Crippen molar-refractivity contribution in [1.82, 2.24) is 20.0 Å². The summed E-state index contributed by atoms with van der Waals surface area (Å²) in [5, 5.41) is 10.5. The standard InChI is InChI=1S/C17H26N4O2S/c1-14(16-18-19-17(23-16)15-6-3-13-24-15)21-9-4-7-20(10-11-21)8-5-12-22-2/h3,6,13-14H,4-5,7-12H2,1-2H3/t14-/m1/s1. The fourth-order valence-corrected chi connectivity index (χ4v) is 3.74. The fraction of sp³-hybridized carbons (Fsp3) is 0.647. The highest BCUT2D eigenvalue weighted by molar-refractivity contribution is 7.13. The summed E-state index contributed by atoms with van der Waals surface area (Å²) in [5.41, 5.74) is 0. The SMILES string of the molecule is COCCCN1CCCN([C@H](C)c2nnc(-c3cccs3)o2)CC1. The summed E-state index contributed by atoms with van der Waals surface area (Å²) in [7, 11) is 1.76. The van der Waals surface area contributed by atoms with Gasteiger partial charge in [-0.3, -0.25) is 4.90 Å². The van der Waals surface area contributed by atoms with E-state index in [0.29, 0.717) is 11.8 Å². The van der Waals surface area contributed by atoms with Crippen LogP contribution in [0.3, 0.4) is 0 Å². The second-order valence-corrected chi connectivity index (χ2v) is 7.12. The Kier molecular flexibility index (Phi) is 6.37. The average molecular weight is 350 g/mol. The largest absolute Gasteiger partial charge is 0.418 e. The number of hydrogen-bond acceptors (Lipinski definition) is 7. The number of ether oxygens (including phenoxy) is 1. The van der Waals surface area contributed by atoms with Gasteiger partial charge in [0.25, 0.3) is 5.89 Å². The van der Waals surface area contributed by atoms with Crippen molar-refractivity contribution < 1.29 is 9.15 Å². The average Bonchev–Trinajstić information content (AvgIpc) is 3.23. The van der Waals surface area contributed by atoms with Gasteiger partial charge < -0.3 is 14.1 Å². The van der Waals surface area contributed by atoms with Gasteiger partial charge in [0.05, 0.1) is 10.9 Å². The molecule has 1 fully saturated rings. The molecule has 3 rings (SSSR count). The zero-order valence-corrected chi connectivity index (χ0v) is 15.3. The van der Waals surface area contributed by atoms with Gasteiger partial charge in [-0.15, -0.1) is 21.5 Å². The summed E-state index contributed by atoms with van der Waals surface area (Å²) in [5.74, 6) is 1.34. The molecule has 0 bridgehead atoms. The molecule has 3 heterocycles. The number of methoxy groups -OCH3 is 1. The summed E-state index contributed by atoms with van der Waals surface area (Å²) in [6, 6.07) is 4.17. The van der Waals surface area contributed by atoms with Gasteiger partial charge in [-0.05, 0) is 37.8 Å². The van der Waals surface area contributed by atoms with Crippen LogP contribution in [0.15, 0.2) is 21.9 Å². The number of hydrogen-bond donors (Lipinski definition) is 0. The number of nitrogens with zero attached hydrogens (tertiary/aromatic N) is 4. The van der Waals surface area contributed by atoms with Crippen LogP contribution < -0.4 is 0 Å². The molecule has 6 nitrogen and oxygen atoms in total. The van der Waals surface area contributed by atoms with E-state index in [1.54, 1.807) is 18.4 Å². The second-order valence-electron chi connectivity index (χ2n) is 6.18. The van der Waals surface area contributed by atoms with Gasteiger partial charge in [-0.2, -0.15) is 0 Å². The second kappa shape index (κ2) is 8.71. The minimum Gasteiger partial charge on any atom is -0.418 e. The Hall–Kier alpha value is -1.28. The van der Waals surface area contributed by atoms with Crippen LogP contribution in [-0.2, 0) is 4.74 Å². The van der Waals surface area contributed by atoms with Crippen molar-refractivity contribution in [3.63, 3.8) is 0 Å². The van der Waals surface area contributed by atoms with E-state index in [4.69, 9.17) is 9.15 Å². The van der Waals surface area contributed by atoms with E-state index < -0.39 is 0 Å². The predicted molar refractivity (Wildman–Crippen MR) is 95.1 cm³/mol. The molecule has 1 aliphatic heterocycles. The Labute approximate surface area is 147 Å². The quantitative estimate of drug-likeness (QED) is 0.716. The van der Waals surface area contributed by atoms with Gasteiger partial charge in [-0.1, -0.05) is 6.07 Å². The molecule has 132 valence electrons. The third-order valence-corrected chi connectivity index (χ3v) is 5.38.